The van der Waals surface area contributed by atoms with E-state index in [1.54, 1.807) is 0 Å². The van der Waals surface area contributed by atoms with Crippen LogP contribution in [0.2, 0.25) is 0 Å². The van der Waals surface area contributed by atoms with Gasteiger partial charge in [-0.3, -0.25) is 9.58 Å². The molecule has 0 amide bonds. The van der Waals surface area contributed by atoms with Gasteiger partial charge in [-0.1, -0.05) is 6.92 Å². The number of hydrogen-bond donors (Lipinski definition) is 1. The van der Waals surface area contributed by atoms with Crippen LogP contribution in [-0.4, -0.2) is 54.1 Å². The molecular weight excluding hydrogens is 320 g/mol. The van der Waals surface area contributed by atoms with E-state index < -0.39 is 0 Å². The fourth-order valence-corrected chi connectivity index (χ4v) is 3.16. The first-order chi connectivity index (χ1) is 9.76. The lowest BCUT2D eigenvalue weighted by Gasteiger charge is -2.26. The second-order valence-corrected chi connectivity index (χ2v) is 5.80. The molecule has 0 unspecified atom stereocenters. The van der Waals surface area contributed by atoms with Crippen molar-refractivity contribution in [3.8, 4) is 0 Å². The van der Waals surface area contributed by atoms with Crippen molar-refractivity contribution in [3.63, 3.8) is 0 Å². The largest absolute Gasteiger partial charge is 0.379 e. The molecule has 0 atom stereocenters. The van der Waals surface area contributed by atoms with E-state index in [0.717, 1.165) is 64.6 Å². The number of aromatic nitrogens is 2. The van der Waals surface area contributed by atoms with Gasteiger partial charge in [-0.25, -0.2) is 0 Å². The highest BCUT2D eigenvalue weighted by Crippen LogP contribution is 2.22. The maximum absolute atomic E-state index is 5.36. The molecule has 0 aromatic carbocycles. The quantitative estimate of drug-likeness (QED) is 0.763. The highest BCUT2D eigenvalue weighted by atomic mass is 79.9. The number of nitrogens with one attached hydrogen (secondary N) is 1. The third kappa shape index (κ3) is 4.04. The Kier molecular flexibility index (Phi) is 6.48. The Morgan fingerprint density at radius 1 is 1.30 bits per heavy atom. The first-order valence-electron chi connectivity index (χ1n) is 7.51. The highest BCUT2D eigenvalue weighted by molar-refractivity contribution is 9.10. The Balaban J connectivity index is 1.79. The van der Waals surface area contributed by atoms with Crippen molar-refractivity contribution < 1.29 is 4.74 Å². The fourth-order valence-electron chi connectivity index (χ4n) is 2.45. The zero-order valence-electron chi connectivity index (χ0n) is 12.5. The molecule has 0 spiro atoms. The molecule has 1 aromatic rings. The van der Waals surface area contributed by atoms with Gasteiger partial charge in [0.1, 0.15) is 0 Å². The first-order valence-corrected chi connectivity index (χ1v) is 8.30. The van der Waals surface area contributed by atoms with Crippen LogP contribution >= 0.6 is 15.9 Å². The molecule has 20 heavy (non-hydrogen) atoms. The third-order valence-corrected chi connectivity index (χ3v) is 4.61. The summed E-state index contributed by atoms with van der Waals surface area (Å²) in [5, 5.41) is 8.15. The zero-order chi connectivity index (χ0) is 14.4. The molecule has 2 heterocycles. The summed E-state index contributed by atoms with van der Waals surface area (Å²) in [6.45, 7) is 12.0. The summed E-state index contributed by atoms with van der Waals surface area (Å²) in [7, 11) is 0. The SMILES string of the molecule is CCc1nn(CC)c(CNCCN2CCOCC2)c1Br. The molecule has 5 nitrogen and oxygen atoms in total. The number of morpholine rings is 1. The molecule has 1 N–H and O–H groups in total. The van der Waals surface area contributed by atoms with E-state index in [2.05, 4.69) is 49.8 Å². The van der Waals surface area contributed by atoms with Gasteiger partial charge in [-0.05, 0) is 29.3 Å². The van der Waals surface area contributed by atoms with Crippen LogP contribution in [0.5, 0.6) is 0 Å². The Morgan fingerprint density at radius 3 is 2.70 bits per heavy atom. The van der Waals surface area contributed by atoms with E-state index >= 15 is 0 Å². The molecule has 6 heteroatoms. The average molecular weight is 345 g/mol. The lowest BCUT2D eigenvalue weighted by atomic mass is 10.3. The first kappa shape index (κ1) is 15.9. The standard InChI is InChI=1S/C14H25BrN4O/c1-3-12-14(15)13(19(4-2)17-12)11-16-5-6-18-7-9-20-10-8-18/h16H,3-11H2,1-2H3. The second kappa shape index (κ2) is 8.12. The average Bonchev–Trinajstić information content (AvgIpc) is 2.80. The van der Waals surface area contributed by atoms with E-state index in [1.165, 1.54) is 10.2 Å². The second-order valence-electron chi connectivity index (χ2n) is 5.01. The van der Waals surface area contributed by atoms with Crippen molar-refractivity contribution in [2.24, 2.45) is 0 Å². The van der Waals surface area contributed by atoms with E-state index in [4.69, 9.17) is 4.74 Å². The Bertz CT molecular complexity index is 416. The van der Waals surface area contributed by atoms with Crippen LogP contribution in [0.4, 0.5) is 0 Å². The minimum absolute atomic E-state index is 0.867. The summed E-state index contributed by atoms with van der Waals surface area (Å²) >= 11 is 3.68. The van der Waals surface area contributed by atoms with Crippen LogP contribution in [0.15, 0.2) is 4.47 Å². The number of hydrogen-bond acceptors (Lipinski definition) is 4. The van der Waals surface area contributed by atoms with Gasteiger partial charge in [0.25, 0.3) is 0 Å². The van der Waals surface area contributed by atoms with Crippen LogP contribution in [0, 0.1) is 0 Å². The predicted molar refractivity (Wildman–Crippen MR) is 83.9 cm³/mol. The maximum Gasteiger partial charge on any atom is 0.0767 e. The molecule has 1 aromatic heterocycles. The molecular formula is C14H25BrN4O. The number of rotatable bonds is 7. The molecule has 1 aliphatic rings. The molecule has 114 valence electrons. The summed E-state index contributed by atoms with van der Waals surface area (Å²) in [6.07, 6.45) is 0.967. The topological polar surface area (TPSA) is 42.3 Å². The molecule has 1 saturated heterocycles. The minimum Gasteiger partial charge on any atom is -0.379 e. The van der Waals surface area contributed by atoms with Crippen LogP contribution in [0.1, 0.15) is 25.2 Å². The maximum atomic E-state index is 5.36. The molecule has 1 aliphatic heterocycles. The normalized spacial score (nSPS) is 16.8. The summed E-state index contributed by atoms with van der Waals surface area (Å²) in [5.74, 6) is 0. The lowest BCUT2D eigenvalue weighted by Crippen LogP contribution is -2.40. The summed E-state index contributed by atoms with van der Waals surface area (Å²) in [5.41, 5.74) is 2.41. The molecule has 2 rings (SSSR count). The number of aryl methyl sites for hydroxylation is 2. The van der Waals surface area contributed by atoms with Gasteiger partial charge in [-0.2, -0.15) is 5.10 Å². The highest BCUT2D eigenvalue weighted by Gasteiger charge is 2.14. The predicted octanol–water partition coefficient (Wildman–Crippen LogP) is 1.65. The van der Waals surface area contributed by atoms with Crippen LogP contribution in [-0.2, 0) is 24.2 Å². The van der Waals surface area contributed by atoms with Gasteiger partial charge in [0, 0.05) is 39.3 Å². The van der Waals surface area contributed by atoms with E-state index in [0.29, 0.717) is 0 Å². The van der Waals surface area contributed by atoms with Crippen LogP contribution in [0.25, 0.3) is 0 Å². The zero-order valence-corrected chi connectivity index (χ0v) is 14.1. The van der Waals surface area contributed by atoms with Crippen molar-refractivity contribution in [1.29, 1.82) is 0 Å². The Labute approximate surface area is 129 Å². The van der Waals surface area contributed by atoms with E-state index in [-0.39, 0.29) is 0 Å². The lowest BCUT2D eigenvalue weighted by molar-refractivity contribution is 0.0384. The van der Waals surface area contributed by atoms with E-state index in [9.17, 15) is 0 Å². The van der Waals surface area contributed by atoms with Gasteiger partial charge < -0.3 is 10.1 Å². The molecule has 0 bridgehead atoms. The van der Waals surface area contributed by atoms with Gasteiger partial charge in [0.15, 0.2) is 0 Å². The number of nitrogens with zero attached hydrogens (tertiary/aromatic N) is 3. The van der Waals surface area contributed by atoms with Gasteiger partial charge >= 0.3 is 0 Å². The minimum atomic E-state index is 0.867. The van der Waals surface area contributed by atoms with E-state index in [1.807, 2.05) is 0 Å². The van der Waals surface area contributed by atoms with Gasteiger partial charge in [-0.15, -0.1) is 0 Å². The van der Waals surface area contributed by atoms with Gasteiger partial charge in [0.2, 0.25) is 0 Å². The Hall–Kier alpha value is -0.430. The smallest absolute Gasteiger partial charge is 0.0767 e. The summed E-state index contributed by atoms with van der Waals surface area (Å²) < 4.78 is 8.61. The van der Waals surface area contributed by atoms with Gasteiger partial charge in [0.05, 0.1) is 29.1 Å². The molecule has 0 aliphatic carbocycles. The van der Waals surface area contributed by atoms with Crippen molar-refractivity contribution in [1.82, 2.24) is 20.0 Å². The number of halogens is 1. The summed E-state index contributed by atoms with van der Waals surface area (Å²) in [4.78, 5) is 2.44. The van der Waals surface area contributed by atoms with Crippen molar-refractivity contribution in [3.05, 3.63) is 15.9 Å². The fraction of sp³-hybridized carbons (Fsp3) is 0.786. The van der Waals surface area contributed by atoms with Crippen molar-refractivity contribution in [2.45, 2.75) is 33.4 Å². The van der Waals surface area contributed by atoms with Crippen molar-refractivity contribution >= 4 is 15.9 Å². The van der Waals surface area contributed by atoms with Crippen LogP contribution < -0.4 is 5.32 Å². The number of ether oxygens (including phenoxy) is 1. The van der Waals surface area contributed by atoms with Crippen LogP contribution in [0.3, 0.4) is 0 Å². The van der Waals surface area contributed by atoms with Crippen molar-refractivity contribution in [2.75, 3.05) is 39.4 Å². The Morgan fingerprint density at radius 2 is 2.05 bits per heavy atom. The molecule has 0 saturated carbocycles. The third-order valence-electron chi connectivity index (χ3n) is 3.70. The molecule has 0 radical (unpaired) electrons. The monoisotopic (exact) mass is 344 g/mol. The molecule has 1 fully saturated rings. The summed E-state index contributed by atoms with van der Waals surface area (Å²) in [6, 6.07) is 0.